The van der Waals surface area contributed by atoms with E-state index in [1.165, 1.54) is 5.56 Å². The summed E-state index contributed by atoms with van der Waals surface area (Å²) in [5, 5.41) is 4.85. The number of nitrogens with zero attached hydrogens (tertiary/aromatic N) is 1. The van der Waals surface area contributed by atoms with Crippen LogP contribution in [-0.4, -0.2) is 15.0 Å². The second-order valence-corrected chi connectivity index (χ2v) is 8.14. The van der Waals surface area contributed by atoms with Crippen LogP contribution in [0.4, 0.5) is 0 Å². The van der Waals surface area contributed by atoms with E-state index in [9.17, 15) is 4.79 Å². The molecule has 2 N–H and O–H groups in total. The first-order chi connectivity index (χ1) is 15.0. The number of furan rings is 1. The Morgan fingerprint density at radius 3 is 2.61 bits per heavy atom. The first-order valence-corrected chi connectivity index (χ1v) is 10.6. The molecule has 0 aliphatic carbocycles. The summed E-state index contributed by atoms with van der Waals surface area (Å²) in [5.74, 6) is 0.802. The monoisotopic (exact) mass is 431 g/mol. The van der Waals surface area contributed by atoms with Crippen LogP contribution < -0.4 is 10.9 Å². The summed E-state index contributed by atoms with van der Waals surface area (Å²) in [4.78, 5) is 17.9. The molecule has 4 aromatic rings. The van der Waals surface area contributed by atoms with Crippen molar-refractivity contribution in [2.45, 2.75) is 33.5 Å². The molecule has 0 saturated heterocycles. The van der Waals surface area contributed by atoms with E-state index in [2.05, 4.69) is 41.5 Å². The summed E-state index contributed by atoms with van der Waals surface area (Å²) < 4.78 is 5.39. The topological polar surface area (TPSA) is 61.3 Å². The molecule has 0 aliphatic rings. The largest absolute Gasteiger partial charge is 0.467 e. The van der Waals surface area contributed by atoms with Gasteiger partial charge in [-0.2, -0.15) is 0 Å². The molecule has 158 valence electrons. The van der Waals surface area contributed by atoms with Gasteiger partial charge in [0.1, 0.15) is 5.76 Å². The van der Waals surface area contributed by atoms with Crippen molar-refractivity contribution in [1.29, 1.82) is 0 Å². The number of pyridine rings is 1. The number of nitrogens with one attached hydrogen (secondary N) is 2. The quantitative estimate of drug-likeness (QED) is 0.429. The molecule has 5 nitrogen and oxygen atoms in total. The van der Waals surface area contributed by atoms with E-state index in [1.807, 2.05) is 48.2 Å². The maximum absolute atomic E-state index is 12.9. The van der Waals surface area contributed by atoms with Crippen molar-refractivity contribution in [3.05, 3.63) is 105 Å². The number of fused-ring (bicyclic) bond motifs is 1. The number of aromatic amines is 1. The average molecular weight is 432 g/mol. The molecule has 0 aliphatic heterocycles. The van der Waals surface area contributed by atoms with E-state index in [1.54, 1.807) is 6.26 Å². The van der Waals surface area contributed by atoms with E-state index in [0.717, 1.165) is 27.8 Å². The SMILES string of the molecule is Cc1cc(C)c2[nH]c(=O)c(CN(Cc3ccccc3)C(=S)NCc3ccco3)cc2c1. The third-order valence-electron chi connectivity index (χ3n) is 5.23. The minimum absolute atomic E-state index is 0.0913. The van der Waals surface area contributed by atoms with Gasteiger partial charge < -0.3 is 19.6 Å². The Kier molecular flexibility index (Phi) is 6.18. The lowest BCUT2D eigenvalue weighted by Gasteiger charge is -2.26. The van der Waals surface area contributed by atoms with Crippen molar-refractivity contribution in [2.75, 3.05) is 0 Å². The maximum Gasteiger partial charge on any atom is 0.253 e. The predicted molar refractivity (Wildman–Crippen MR) is 128 cm³/mol. The Bertz CT molecular complexity index is 1250. The molecule has 0 atom stereocenters. The van der Waals surface area contributed by atoms with Crippen LogP contribution in [0, 0.1) is 13.8 Å². The maximum atomic E-state index is 12.9. The minimum Gasteiger partial charge on any atom is -0.467 e. The summed E-state index contributed by atoms with van der Waals surface area (Å²) in [6, 6.07) is 20.0. The lowest BCUT2D eigenvalue weighted by molar-refractivity contribution is 0.393. The van der Waals surface area contributed by atoms with Gasteiger partial charge in [-0.3, -0.25) is 4.79 Å². The second-order valence-electron chi connectivity index (χ2n) is 7.75. The number of hydrogen-bond donors (Lipinski definition) is 2. The number of thiocarbonyl (C=S) groups is 1. The molecule has 0 spiro atoms. The Labute approximate surface area is 186 Å². The predicted octanol–water partition coefficient (Wildman–Crippen LogP) is 4.81. The molecule has 2 aromatic carbocycles. The molecule has 0 bridgehead atoms. The highest BCUT2D eigenvalue weighted by Crippen LogP contribution is 2.19. The van der Waals surface area contributed by atoms with Crippen LogP contribution in [0.5, 0.6) is 0 Å². The normalized spacial score (nSPS) is 10.9. The van der Waals surface area contributed by atoms with E-state index >= 15 is 0 Å². The van der Waals surface area contributed by atoms with Gasteiger partial charge in [0.2, 0.25) is 0 Å². The molecular formula is C25H25N3O2S. The van der Waals surface area contributed by atoms with Gasteiger partial charge >= 0.3 is 0 Å². The van der Waals surface area contributed by atoms with Crippen LogP contribution >= 0.6 is 12.2 Å². The summed E-state index contributed by atoms with van der Waals surface area (Å²) in [7, 11) is 0. The highest BCUT2D eigenvalue weighted by atomic mass is 32.1. The van der Waals surface area contributed by atoms with Crippen LogP contribution in [0.2, 0.25) is 0 Å². The fourth-order valence-corrected chi connectivity index (χ4v) is 3.95. The zero-order valence-electron chi connectivity index (χ0n) is 17.6. The van der Waals surface area contributed by atoms with Crippen LogP contribution in [0.1, 0.15) is 28.0 Å². The molecule has 4 rings (SSSR count). The highest BCUT2D eigenvalue weighted by Gasteiger charge is 2.15. The smallest absolute Gasteiger partial charge is 0.253 e. The van der Waals surface area contributed by atoms with Crippen LogP contribution in [0.3, 0.4) is 0 Å². The first kappa shape index (κ1) is 20.9. The van der Waals surface area contributed by atoms with Gasteiger partial charge in [-0.1, -0.05) is 42.0 Å². The third-order valence-corrected chi connectivity index (χ3v) is 5.63. The van der Waals surface area contributed by atoms with Gasteiger partial charge in [-0.25, -0.2) is 0 Å². The number of rotatable bonds is 6. The van der Waals surface area contributed by atoms with Crippen LogP contribution in [0.15, 0.2) is 76.1 Å². The molecule has 0 saturated carbocycles. The van der Waals surface area contributed by atoms with Gasteiger partial charge in [0.15, 0.2) is 5.11 Å². The lowest BCUT2D eigenvalue weighted by atomic mass is 10.1. The fraction of sp³-hybridized carbons (Fsp3) is 0.200. The summed E-state index contributed by atoms with van der Waals surface area (Å²) in [6.45, 7) is 5.56. The fourth-order valence-electron chi connectivity index (χ4n) is 3.75. The number of H-pyrrole nitrogens is 1. The Balaban J connectivity index is 1.62. The molecule has 0 amide bonds. The highest BCUT2D eigenvalue weighted by molar-refractivity contribution is 7.80. The van der Waals surface area contributed by atoms with Crippen molar-refractivity contribution in [3.8, 4) is 0 Å². The Morgan fingerprint density at radius 2 is 1.87 bits per heavy atom. The standard InChI is InChI=1S/C25H25N3O2S/c1-17-11-18(2)23-20(12-17)13-21(24(29)27-23)16-28(15-19-7-4-3-5-8-19)25(31)26-14-22-9-6-10-30-22/h3-13H,14-16H2,1-2H3,(H,26,31)(H,27,29). The van der Waals surface area contributed by atoms with Crippen LogP contribution in [0.25, 0.3) is 10.9 Å². The van der Waals surface area contributed by atoms with E-state index < -0.39 is 0 Å². The number of benzene rings is 2. The first-order valence-electron chi connectivity index (χ1n) is 10.2. The van der Waals surface area contributed by atoms with Gasteiger partial charge in [-0.05, 0) is 66.8 Å². The van der Waals surface area contributed by atoms with Crippen molar-refractivity contribution >= 4 is 28.2 Å². The summed E-state index contributed by atoms with van der Waals surface area (Å²) in [6.07, 6.45) is 1.64. The van der Waals surface area contributed by atoms with Gasteiger partial charge in [0, 0.05) is 12.1 Å². The molecule has 0 unspecified atom stereocenters. The average Bonchev–Trinajstić information content (AvgIpc) is 3.27. The van der Waals surface area contributed by atoms with Crippen molar-refractivity contribution in [1.82, 2.24) is 15.2 Å². The van der Waals surface area contributed by atoms with Crippen molar-refractivity contribution in [2.24, 2.45) is 0 Å². The summed E-state index contributed by atoms with van der Waals surface area (Å²) >= 11 is 5.69. The van der Waals surface area contributed by atoms with E-state index in [4.69, 9.17) is 16.6 Å². The summed E-state index contributed by atoms with van der Waals surface area (Å²) in [5.41, 5.74) is 4.82. The molecule has 0 fully saturated rings. The number of aryl methyl sites for hydroxylation is 2. The number of aromatic nitrogens is 1. The molecule has 31 heavy (non-hydrogen) atoms. The van der Waals surface area contributed by atoms with Crippen molar-refractivity contribution in [3.63, 3.8) is 0 Å². The molecule has 6 heteroatoms. The minimum atomic E-state index is -0.0913. The number of hydrogen-bond acceptors (Lipinski definition) is 3. The van der Waals surface area contributed by atoms with Gasteiger partial charge in [-0.15, -0.1) is 0 Å². The zero-order valence-corrected chi connectivity index (χ0v) is 18.5. The molecule has 0 radical (unpaired) electrons. The van der Waals surface area contributed by atoms with E-state index in [0.29, 0.717) is 30.3 Å². The molecule has 2 aromatic heterocycles. The zero-order chi connectivity index (χ0) is 21.8. The second kappa shape index (κ2) is 9.18. The van der Waals surface area contributed by atoms with Crippen molar-refractivity contribution < 1.29 is 4.42 Å². The van der Waals surface area contributed by atoms with E-state index in [-0.39, 0.29) is 5.56 Å². The van der Waals surface area contributed by atoms with Gasteiger partial charge in [0.25, 0.3) is 5.56 Å². The van der Waals surface area contributed by atoms with Gasteiger partial charge in [0.05, 0.1) is 24.9 Å². The molecule has 2 heterocycles. The lowest BCUT2D eigenvalue weighted by Crippen LogP contribution is -2.39. The Morgan fingerprint density at radius 1 is 1.06 bits per heavy atom. The Hall–Kier alpha value is -3.38. The molecular weight excluding hydrogens is 406 g/mol. The third kappa shape index (κ3) is 5.03. The van der Waals surface area contributed by atoms with Crippen LogP contribution in [-0.2, 0) is 19.6 Å².